The molecule has 0 bridgehead atoms. The van der Waals surface area contributed by atoms with E-state index >= 15 is 0 Å². The van der Waals surface area contributed by atoms with Gasteiger partial charge in [-0.3, -0.25) is 4.79 Å². The predicted molar refractivity (Wildman–Crippen MR) is 131 cm³/mol. The van der Waals surface area contributed by atoms with E-state index in [0.717, 1.165) is 54.6 Å². The standard InChI is InChI=1S/C30H38F2O/c1-3-7-21-10-12-23(13-11-21)24-14-16-25(17-15-24)26-18-27(31)29(28(32)19-26)30(33)20(2)22-8-5-4-6-9-22/h4-6,8-9,18-21,23-25H,3,7,10-17H2,1-2H3/t20-,21-,23-,24?,25?/m1/s1. The molecule has 0 radical (unpaired) electrons. The maximum Gasteiger partial charge on any atom is 0.175 e. The van der Waals surface area contributed by atoms with Crippen LogP contribution in [0.2, 0.25) is 0 Å². The molecule has 2 aromatic carbocycles. The maximum absolute atomic E-state index is 15.0. The number of benzene rings is 2. The summed E-state index contributed by atoms with van der Waals surface area (Å²) in [5.41, 5.74) is 1.10. The molecule has 2 aromatic rings. The minimum absolute atomic E-state index is 0.192. The molecule has 0 heterocycles. The van der Waals surface area contributed by atoms with E-state index in [4.69, 9.17) is 0 Å². The van der Waals surface area contributed by atoms with Crippen molar-refractivity contribution < 1.29 is 13.6 Å². The Labute approximate surface area is 198 Å². The summed E-state index contributed by atoms with van der Waals surface area (Å²) in [5, 5.41) is 0. The summed E-state index contributed by atoms with van der Waals surface area (Å²) in [6.45, 7) is 3.99. The molecule has 0 N–H and O–H groups in total. The first-order valence-electron chi connectivity index (χ1n) is 13.1. The molecule has 0 saturated heterocycles. The van der Waals surface area contributed by atoms with E-state index in [2.05, 4.69) is 6.92 Å². The zero-order valence-corrected chi connectivity index (χ0v) is 20.2. The Hall–Kier alpha value is -2.03. The molecule has 0 amide bonds. The Bertz CT molecular complexity index is 899. The fourth-order valence-corrected chi connectivity index (χ4v) is 6.45. The van der Waals surface area contributed by atoms with Crippen molar-refractivity contribution in [2.45, 2.75) is 89.9 Å². The summed E-state index contributed by atoms with van der Waals surface area (Å²) in [6.07, 6.45) is 12.4. The highest BCUT2D eigenvalue weighted by molar-refractivity contribution is 6.01. The second kappa shape index (κ2) is 10.9. The predicted octanol–water partition coefficient (Wildman–Crippen LogP) is 8.83. The number of Topliss-reactive ketones (excluding diaryl/α,β-unsaturated/α-hetero) is 1. The largest absolute Gasteiger partial charge is 0.293 e. The average Bonchev–Trinajstić information content (AvgIpc) is 2.84. The Morgan fingerprint density at radius 2 is 1.42 bits per heavy atom. The Morgan fingerprint density at radius 3 is 1.97 bits per heavy atom. The van der Waals surface area contributed by atoms with E-state index in [9.17, 15) is 13.6 Å². The van der Waals surface area contributed by atoms with Gasteiger partial charge in [0.2, 0.25) is 0 Å². The highest BCUT2D eigenvalue weighted by Crippen LogP contribution is 2.44. The number of hydrogen-bond acceptors (Lipinski definition) is 1. The quantitative estimate of drug-likeness (QED) is 0.384. The molecular weight excluding hydrogens is 414 g/mol. The topological polar surface area (TPSA) is 17.1 Å². The fraction of sp³-hybridized carbons (Fsp3) is 0.567. The molecule has 3 heteroatoms. The molecule has 2 aliphatic carbocycles. The van der Waals surface area contributed by atoms with Gasteiger partial charge in [0, 0.05) is 5.92 Å². The number of rotatable bonds is 7. The van der Waals surface area contributed by atoms with Crippen LogP contribution in [0.5, 0.6) is 0 Å². The lowest BCUT2D eigenvalue weighted by Gasteiger charge is -2.38. The van der Waals surface area contributed by atoms with Gasteiger partial charge in [0.05, 0.1) is 5.56 Å². The molecule has 33 heavy (non-hydrogen) atoms. The van der Waals surface area contributed by atoms with Gasteiger partial charge in [0.15, 0.2) is 5.78 Å². The first-order valence-corrected chi connectivity index (χ1v) is 13.1. The average molecular weight is 453 g/mol. The van der Waals surface area contributed by atoms with E-state index in [-0.39, 0.29) is 5.92 Å². The number of carbonyl (C=O) groups is 1. The highest BCUT2D eigenvalue weighted by atomic mass is 19.1. The van der Waals surface area contributed by atoms with Crippen LogP contribution < -0.4 is 0 Å². The van der Waals surface area contributed by atoms with Crippen molar-refractivity contribution in [1.29, 1.82) is 0 Å². The van der Waals surface area contributed by atoms with Gasteiger partial charge in [-0.25, -0.2) is 8.78 Å². The summed E-state index contributed by atoms with van der Waals surface area (Å²) in [6, 6.07) is 12.0. The molecule has 2 aliphatic rings. The Morgan fingerprint density at radius 1 is 0.879 bits per heavy atom. The van der Waals surface area contributed by atoms with Crippen LogP contribution in [0, 0.1) is 29.4 Å². The zero-order valence-electron chi connectivity index (χ0n) is 20.2. The van der Waals surface area contributed by atoms with Crippen molar-refractivity contribution in [2.24, 2.45) is 17.8 Å². The molecule has 2 fully saturated rings. The van der Waals surface area contributed by atoms with E-state index in [1.54, 1.807) is 6.92 Å². The SMILES string of the molecule is CCC[C@H]1CC[C@H](C2CCC(c3cc(F)c(C(=O)[C@H](C)c4ccccc4)c(F)c3)CC2)CC1. The van der Waals surface area contributed by atoms with Crippen LogP contribution in [0.15, 0.2) is 42.5 Å². The van der Waals surface area contributed by atoms with Crippen LogP contribution in [-0.2, 0) is 0 Å². The van der Waals surface area contributed by atoms with Crippen LogP contribution in [0.1, 0.15) is 111 Å². The number of ketones is 1. The molecule has 0 spiro atoms. The number of hydrogen-bond donors (Lipinski definition) is 0. The lowest BCUT2D eigenvalue weighted by molar-refractivity contribution is 0.0957. The molecule has 1 nitrogen and oxygen atoms in total. The van der Waals surface area contributed by atoms with Crippen molar-refractivity contribution in [2.75, 3.05) is 0 Å². The zero-order chi connectivity index (χ0) is 23.4. The monoisotopic (exact) mass is 452 g/mol. The molecule has 2 saturated carbocycles. The summed E-state index contributed by atoms with van der Waals surface area (Å²) in [5.74, 6) is 0.229. The van der Waals surface area contributed by atoms with Gasteiger partial charge in [-0.15, -0.1) is 0 Å². The first-order chi connectivity index (χ1) is 16.0. The van der Waals surface area contributed by atoms with E-state index < -0.39 is 28.9 Å². The second-order valence-electron chi connectivity index (χ2n) is 10.5. The minimum atomic E-state index is -0.714. The van der Waals surface area contributed by atoms with Crippen LogP contribution in [0.4, 0.5) is 8.78 Å². The normalized spacial score (nSPS) is 26.7. The third-order valence-electron chi connectivity index (χ3n) is 8.50. The van der Waals surface area contributed by atoms with Crippen molar-refractivity contribution in [3.8, 4) is 0 Å². The molecule has 4 rings (SSSR count). The smallest absolute Gasteiger partial charge is 0.175 e. The summed E-state index contributed by atoms with van der Waals surface area (Å²) < 4.78 is 30.0. The van der Waals surface area contributed by atoms with Crippen LogP contribution >= 0.6 is 0 Å². The molecule has 0 aliphatic heterocycles. The molecule has 0 aromatic heterocycles. The fourth-order valence-electron chi connectivity index (χ4n) is 6.45. The number of carbonyl (C=O) groups excluding carboxylic acids is 1. The van der Waals surface area contributed by atoms with Crippen molar-refractivity contribution >= 4 is 5.78 Å². The van der Waals surface area contributed by atoms with Gasteiger partial charge in [-0.2, -0.15) is 0 Å². The third kappa shape index (κ3) is 5.55. The molecule has 1 atom stereocenters. The third-order valence-corrected chi connectivity index (χ3v) is 8.50. The van der Waals surface area contributed by atoms with Gasteiger partial charge in [-0.1, -0.05) is 69.9 Å². The Kier molecular flexibility index (Phi) is 7.98. The van der Waals surface area contributed by atoms with Gasteiger partial charge in [-0.05, 0) is 85.5 Å². The lowest BCUT2D eigenvalue weighted by atomic mass is 9.68. The van der Waals surface area contributed by atoms with Gasteiger partial charge in [0.25, 0.3) is 0 Å². The second-order valence-corrected chi connectivity index (χ2v) is 10.5. The van der Waals surface area contributed by atoms with Crippen LogP contribution in [-0.4, -0.2) is 5.78 Å². The van der Waals surface area contributed by atoms with E-state index in [1.807, 2.05) is 30.3 Å². The number of halogens is 2. The van der Waals surface area contributed by atoms with Crippen LogP contribution in [0.25, 0.3) is 0 Å². The molecular formula is C30H38F2O. The summed E-state index contributed by atoms with van der Waals surface area (Å²) in [4.78, 5) is 12.9. The van der Waals surface area contributed by atoms with Gasteiger partial charge >= 0.3 is 0 Å². The van der Waals surface area contributed by atoms with Crippen LogP contribution in [0.3, 0.4) is 0 Å². The minimum Gasteiger partial charge on any atom is -0.293 e. The van der Waals surface area contributed by atoms with E-state index in [0.29, 0.717) is 0 Å². The lowest BCUT2D eigenvalue weighted by Crippen LogP contribution is -2.25. The Balaban J connectivity index is 1.38. The van der Waals surface area contributed by atoms with Gasteiger partial charge in [0.1, 0.15) is 11.6 Å². The summed E-state index contributed by atoms with van der Waals surface area (Å²) >= 11 is 0. The van der Waals surface area contributed by atoms with Crippen molar-refractivity contribution in [3.05, 3.63) is 70.8 Å². The maximum atomic E-state index is 15.0. The highest BCUT2D eigenvalue weighted by Gasteiger charge is 2.32. The van der Waals surface area contributed by atoms with Gasteiger partial charge < -0.3 is 0 Å². The molecule has 0 unspecified atom stereocenters. The summed E-state index contributed by atoms with van der Waals surface area (Å²) in [7, 11) is 0. The van der Waals surface area contributed by atoms with E-state index in [1.165, 1.54) is 50.7 Å². The molecule has 178 valence electrons. The first kappa shape index (κ1) is 24.1. The van der Waals surface area contributed by atoms with Crippen molar-refractivity contribution in [3.63, 3.8) is 0 Å². The van der Waals surface area contributed by atoms with Crippen molar-refractivity contribution in [1.82, 2.24) is 0 Å².